The molecule has 1 heterocycles. The Hall–Kier alpha value is -1.40. The molecular formula is C10H19N5O. The van der Waals surface area contributed by atoms with Crippen molar-refractivity contribution in [2.75, 3.05) is 45.7 Å². The van der Waals surface area contributed by atoms with Gasteiger partial charge in [0.05, 0.1) is 0 Å². The summed E-state index contributed by atoms with van der Waals surface area (Å²) < 4.78 is 5.30. The highest BCUT2D eigenvalue weighted by atomic mass is 16.5. The van der Waals surface area contributed by atoms with Gasteiger partial charge in [0.15, 0.2) is 0 Å². The molecule has 1 aromatic rings. The molecule has 16 heavy (non-hydrogen) atoms. The monoisotopic (exact) mass is 225 g/mol. The van der Waals surface area contributed by atoms with Gasteiger partial charge >= 0.3 is 0 Å². The average Bonchev–Trinajstić information content (AvgIpc) is 2.26. The maximum absolute atomic E-state index is 5.34. The van der Waals surface area contributed by atoms with Crippen LogP contribution in [0.1, 0.15) is 0 Å². The van der Waals surface area contributed by atoms with Crippen LogP contribution in [0.2, 0.25) is 0 Å². The zero-order valence-electron chi connectivity index (χ0n) is 9.81. The van der Waals surface area contributed by atoms with Crippen molar-refractivity contribution in [3.63, 3.8) is 0 Å². The SMILES string of the molecule is CN(C)CCNc1cc(OCCN)ncn1. The van der Waals surface area contributed by atoms with Gasteiger partial charge in [0.25, 0.3) is 0 Å². The third-order valence-corrected chi connectivity index (χ3v) is 1.87. The fraction of sp³-hybridized carbons (Fsp3) is 0.600. The van der Waals surface area contributed by atoms with E-state index in [2.05, 4.69) is 20.2 Å². The Bertz CT molecular complexity index is 305. The zero-order chi connectivity index (χ0) is 11.8. The third-order valence-electron chi connectivity index (χ3n) is 1.87. The maximum Gasteiger partial charge on any atom is 0.218 e. The number of hydrogen-bond donors (Lipinski definition) is 2. The van der Waals surface area contributed by atoms with Gasteiger partial charge in [-0.05, 0) is 14.1 Å². The average molecular weight is 225 g/mol. The molecule has 0 unspecified atom stereocenters. The smallest absolute Gasteiger partial charge is 0.218 e. The number of rotatable bonds is 7. The van der Waals surface area contributed by atoms with Crippen LogP contribution in [0.25, 0.3) is 0 Å². The molecule has 1 aromatic heterocycles. The Kier molecular flexibility index (Phi) is 5.52. The predicted molar refractivity (Wildman–Crippen MR) is 63.6 cm³/mol. The van der Waals surface area contributed by atoms with Crippen molar-refractivity contribution < 1.29 is 4.74 Å². The van der Waals surface area contributed by atoms with Gasteiger partial charge in [-0.1, -0.05) is 0 Å². The molecule has 0 saturated carbocycles. The summed E-state index contributed by atoms with van der Waals surface area (Å²) in [4.78, 5) is 10.2. The largest absolute Gasteiger partial charge is 0.476 e. The lowest BCUT2D eigenvalue weighted by atomic mass is 10.5. The van der Waals surface area contributed by atoms with E-state index in [-0.39, 0.29) is 0 Å². The van der Waals surface area contributed by atoms with E-state index < -0.39 is 0 Å². The molecule has 0 aliphatic rings. The molecule has 0 amide bonds. The molecule has 0 radical (unpaired) electrons. The van der Waals surface area contributed by atoms with Crippen molar-refractivity contribution in [3.8, 4) is 5.88 Å². The molecule has 0 atom stereocenters. The molecule has 0 aromatic carbocycles. The van der Waals surface area contributed by atoms with E-state index in [0.717, 1.165) is 18.9 Å². The number of aromatic nitrogens is 2. The van der Waals surface area contributed by atoms with Crippen molar-refractivity contribution in [1.82, 2.24) is 14.9 Å². The Labute approximate surface area is 95.8 Å². The molecule has 6 heteroatoms. The second-order valence-electron chi connectivity index (χ2n) is 3.61. The molecule has 0 saturated heterocycles. The number of nitrogens with two attached hydrogens (primary N) is 1. The fourth-order valence-electron chi connectivity index (χ4n) is 1.09. The Morgan fingerprint density at radius 2 is 2.25 bits per heavy atom. The molecule has 0 bridgehead atoms. The highest BCUT2D eigenvalue weighted by Crippen LogP contribution is 2.10. The summed E-state index contributed by atoms with van der Waals surface area (Å²) in [6.45, 7) is 2.73. The predicted octanol–water partition coefficient (Wildman–Crippen LogP) is -0.212. The van der Waals surface area contributed by atoms with Crippen LogP contribution in [-0.4, -0.2) is 55.2 Å². The van der Waals surface area contributed by atoms with E-state index in [0.29, 0.717) is 19.0 Å². The highest BCUT2D eigenvalue weighted by molar-refractivity contribution is 5.36. The number of hydrogen-bond acceptors (Lipinski definition) is 6. The van der Waals surface area contributed by atoms with Crippen LogP contribution in [0.15, 0.2) is 12.4 Å². The molecule has 0 fully saturated rings. The third kappa shape index (κ3) is 4.90. The van der Waals surface area contributed by atoms with Crippen LogP contribution < -0.4 is 15.8 Å². The second kappa shape index (κ2) is 6.97. The van der Waals surface area contributed by atoms with Gasteiger partial charge < -0.3 is 20.7 Å². The van der Waals surface area contributed by atoms with Gasteiger partial charge in [-0.25, -0.2) is 9.97 Å². The first kappa shape index (κ1) is 12.7. The lowest BCUT2D eigenvalue weighted by Gasteiger charge is -2.11. The Balaban J connectivity index is 2.40. The molecule has 0 aliphatic carbocycles. The molecular weight excluding hydrogens is 206 g/mol. The minimum Gasteiger partial charge on any atom is -0.476 e. The van der Waals surface area contributed by atoms with Crippen LogP contribution in [-0.2, 0) is 0 Å². The standard InChI is InChI=1S/C10H19N5O/c1-15(2)5-4-12-9-7-10(14-8-13-9)16-6-3-11/h7-8H,3-6,11H2,1-2H3,(H,12,13,14). The second-order valence-corrected chi connectivity index (χ2v) is 3.61. The van der Waals surface area contributed by atoms with Gasteiger partial charge in [0.1, 0.15) is 18.8 Å². The number of anilines is 1. The first-order valence-electron chi connectivity index (χ1n) is 5.26. The van der Waals surface area contributed by atoms with E-state index in [9.17, 15) is 0 Å². The van der Waals surface area contributed by atoms with Crippen molar-refractivity contribution in [1.29, 1.82) is 0 Å². The minimum atomic E-state index is 0.466. The molecule has 1 rings (SSSR count). The van der Waals surface area contributed by atoms with E-state index >= 15 is 0 Å². The Morgan fingerprint density at radius 3 is 2.94 bits per heavy atom. The van der Waals surface area contributed by atoms with Gasteiger partial charge in [-0.3, -0.25) is 0 Å². The topological polar surface area (TPSA) is 76.3 Å². The highest BCUT2D eigenvalue weighted by Gasteiger charge is 1.99. The lowest BCUT2D eigenvalue weighted by molar-refractivity contribution is 0.315. The van der Waals surface area contributed by atoms with E-state index in [1.165, 1.54) is 6.33 Å². The van der Waals surface area contributed by atoms with Crippen molar-refractivity contribution >= 4 is 5.82 Å². The van der Waals surface area contributed by atoms with Crippen LogP contribution in [0, 0.1) is 0 Å². The van der Waals surface area contributed by atoms with Gasteiger partial charge in [-0.15, -0.1) is 0 Å². The summed E-state index contributed by atoms with van der Waals surface area (Å²) in [6.07, 6.45) is 1.48. The number of nitrogens with one attached hydrogen (secondary N) is 1. The molecule has 3 N–H and O–H groups in total. The van der Waals surface area contributed by atoms with Crippen molar-refractivity contribution in [2.45, 2.75) is 0 Å². The molecule has 6 nitrogen and oxygen atoms in total. The van der Waals surface area contributed by atoms with E-state index in [4.69, 9.17) is 10.5 Å². The molecule has 90 valence electrons. The zero-order valence-corrected chi connectivity index (χ0v) is 9.81. The summed E-state index contributed by atoms with van der Waals surface area (Å²) in [5.74, 6) is 1.32. The van der Waals surface area contributed by atoms with E-state index in [1.54, 1.807) is 6.07 Å². The number of nitrogens with zero attached hydrogens (tertiary/aromatic N) is 3. The summed E-state index contributed by atoms with van der Waals surface area (Å²) in [5.41, 5.74) is 5.34. The number of ether oxygens (including phenoxy) is 1. The van der Waals surface area contributed by atoms with Crippen LogP contribution in [0.4, 0.5) is 5.82 Å². The minimum absolute atomic E-state index is 0.466. The molecule has 0 spiro atoms. The summed E-state index contributed by atoms with van der Waals surface area (Å²) in [6, 6.07) is 1.77. The summed E-state index contributed by atoms with van der Waals surface area (Å²) in [7, 11) is 4.05. The number of likely N-dealkylation sites (N-methyl/N-ethyl adjacent to an activating group) is 1. The van der Waals surface area contributed by atoms with Gasteiger partial charge in [0, 0.05) is 25.7 Å². The van der Waals surface area contributed by atoms with Crippen LogP contribution >= 0.6 is 0 Å². The van der Waals surface area contributed by atoms with Gasteiger partial charge in [-0.2, -0.15) is 0 Å². The van der Waals surface area contributed by atoms with Crippen molar-refractivity contribution in [2.24, 2.45) is 5.73 Å². The van der Waals surface area contributed by atoms with Crippen LogP contribution in [0.5, 0.6) is 5.88 Å². The summed E-state index contributed by atoms with van der Waals surface area (Å²) >= 11 is 0. The lowest BCUT2D eigenvalue weighted by Crippen LogP contribution is -2.21. The Morgan fingerprint density at radius 1 is 1.44 bits per heavy atom. The quantitative estimate of drug-likeness (QED) is 0.668. The van der Waals surface area contributed by atoms with Gasteiger partial charge in [0.2, 0.25) is 5.88 Å². The molecule has 0 aliphatic heterocycles. The normalized spacial score (nSPS) is 10.5. The maximum atomic E-state index is 5.34. The fourth-order valence-corrected chi connectivity index (χ4v) is 1.09. The van der Waals surface area contributed by atoms with Crippen molar-refractivity contribution in [3.05, 3.63) is 12.4 Å². The van der Waals surface area contributed by atoms with Crippen LogP contribution in [0.3, 0.4) is 0 Å². The summed E-state index contributed by atoms with van der Waals surface area (Å²) in [5, 5.41) is 3.19. The van der Waals surface area contributed by atoms with E-state index in [1.807, 2.05) is 14.1 Å². The first-order valence-corrected chi connectivity index (χ1v) is 5.26. The first-order chi connectivity index (χ1) is 7.72.